The first kappa shape index (κ1) is 26.1. The lowest BCUT2D eigenvalue weighted by molar-refractivity contribution is -0.137. The lowest BCUT2D eigenvalue weighted by Crippen LogP contribution is -2.28. The standard InChI is InChI=1S/C26H23F3N4O3S/c1-14(2)16-7-9-18(10-8-16)32-23(35)22-15(3)21-24(37-22)30-13-33(25(21)36)12-20(34)31-19-6-4-5-17(11-19)26(27,28)29/h4-11,13-14H,12H2,1-3H3,(H,31,34)(H,32,35). The van der Waals surface area contributed by atoms with Gasteiger partial charge in [0.15, 0.2) is 0 Å². The van der Waals surface area contributed by atoms with Crippen LogP contribution in [-0.2, 0) is 17.5 Å². The summed E-state index contributed by atoms with van der Waals surface area (Å²) in [5, 5.41) is 5.40. The van der Waals surface area contributed by atoms with Crippen molar-refractivity contribution in [3.8, 4) is 0 Å². The van der Waals surface area contributed by atoms with Gasteiger partial charge < -0.3 is 10.6 Å². The highest BCUT2D eigenvalue weighted by Crippen LogP contribution is 2.31. The summed E-state index contributed by atoms with van der Waals surface area (Å²) in [4.78, 5) is 43.3. The largest absolute Gasteiger partial charge is 0.416 e. The molecule has 0 saturated heterocycles. The molecule has 0 atom stereocenters. The molecule has 0 saturated carbocycles. The van der Waals surface area contributed by atoms with Gasteiger partial charge in [-0.15, -0.1) is 11.3 Å². The van der Waals surface area contributed by atoms with Crippen molar-refractivity contribution in [2.24, 2.45) is 0 Å². The normalized spacial score (nSPS) is 11.6. The predicted molar refractivity (Wildman–Crippen MR) is 137 cm³/mol. The number of benzene rings is 2. The molecule has 0 radical (unpaired) electrons. The molecule has 0 aliphatic heterocycles. The van der Waals surface area contributed by atoms with Crippen molar-refractivity contribution in [1.29, 1.82) is 0 Å². The molecule has 2 aromatic carbocycles. The molecule has 2 heterocycles. The van der Waals surface area contributed by atoms with Gasteiger partial charge in [0.05, 0.1) is 22.2 Å². The summed E-state index contributed by atoms with van der Waals surface area (Å²) in [7, 11) is 0. The minimum atomic E-state index is -4.55. The Kier molecular flexibility index (Phi) is 7.17. The summed E-state index contributed by atoms with van der Waals surface area (Å²) >= 11 is 1.06. The van der Waals surface area contributed by atoms with E-state index in [1.165, 1.54) is 18.5 Å². The Bertz CT molecular complexity index is 1540. The maximum Gasteiger partial charge on any atom is 0.416 e. The Balaban J connectivity index is 1.53. The van der Waals surface area contributed by atoms with Crippen LogP contribution in [0.2, 0.25) is 0 Å². The molecule has 2 N–H and O–H groups in total. The van der Waals surface area contributed by atoms with Gasteiger partial charge in [0.1, 0.15) is 11.4 Å². The Morgan fingerprint density at radius 1 is 1.05 bits per heavy atom. The molecular formula is C26H23F3N4O3S. The Hall–Kier alpha value is -3.99. The predicted octanol–water partition coefficient (Wildman–Crippen LogP) is 5.80. The van der Waals surface area contributed by atoms with E-state index < -0.39 is 29.8 Å². The molecule has 0 aliphatic rings. The zero-order valence-electron chi connectivity index (χ0n) is 20.1. The Labute approximate surface area is 214 Å². The summed E-state index contributed by atoms with van der Waals surface area (Å²) in [6.45, 7) is 5.31. The first-order valence-electron chi connectivity index (χ1n) is 11.3. The fraction of sp³-hybridized carbons (Fsp3) is 0.231. The van der Waals surface area contributed by atoms with Gasteiger partial charge in [-0.3, -0.25) is 19.0 Å². The topological polar surface area (TPSA) is 93.1 Å². The number of alkyl halides is 3. The maximum absolute atomic E-state index is 13.1. The zero-order chi connectivity index (χ0) is 26.9. The number of aromatic nitrogens is 2. The third-order valence-electron chi connectivity index (χ3n) is 5.75. The number of anilines is 2. The van der Waals surface area contributed by atoms with Crippen LogP contribution in [0.15, 0.2) is 59.7 Å². The number of hydrogen-bond donors (Lipinski definition) is 2. The number of aryl methyl sites for hydroxylation is 1. The van der Waals surface area contributed by atoms with E-state index >= 15 is 0 Å². The fourth-order valence-corrected chi connectivity index (χ4v) is 4.79. The molecule has 192 valence electrons. The Morgan fingerprint density at radius 3 is 2.41 bits per heavy atom. The summed E-state index contributed by atoms with van der Waals surface area (Å²) in [6.07, 6.45) is -3.37. The van der Waals surface area contributed by atoms with Crippen molar-refractivity contribution in [1.82, 2.24) is 9.55 Å². The first-order valence-corrected chi connectivity index (χ1v) is 12.1. The van der Waals surface area contributed by atoms with E-state index in [4.69, 9.17) is 0 Å². The molecule has 37 heavy (non-hydrogen) atoms. The fourth-order valence-electron chi connectivity index (χ4n) is 3.76. The van der Waals surface area contributed by atoms with E-state index in [0.29, 0.717) is 26.9 Å². The van der Waals surface area contributed by atoms with Gasteiger partial charge in [0.25, 0.3) is 11.5 Å². The number of nitrogens with zero attached hydrogens (tertiary/aromatic N) is 2. The number of carbonyl (C=O) groups is 2. The van der Waals surface area contributed by atoms with Crippen molar-refractivity contribution in [2.75, 3.05) is 10.6 Å². The molecule has 0 spiro atoms. The van der Waals surface area contributed by atoms with E-state index in [2.05, 4.69) is 29.5 Å². The third-order valence-corrected chi connectivity index (χ3v) is 6.94. The molecule has 7 nitrogen and oxygen atoms in total. The second-order valence-electron chi connectivity index (χ2n) is 8.77. The Morgan fingerprint density at radius 2 is 1.76 bits per heavy atom. The monoisotopic (exact) mass is 528 g/mol. The van der Waals surface area contributed by atoms with Gasteiger partial charge in [-0.05, 0) is 54.3 Å². The highest BCUT2D eigenvalue weighted by molar-refractivity contribution is 7.20. The molecule has 0 unspecified atom stereocenters. The molecule has 11 heteroatoms. The second-order valence-corrected chi connectivity index (χ2v) is 9.77. The number of carbonyl (C=O) groups excluding carboxylic acids is 2. The van der Waals surface area contributed by atoms with Crippen molar-refractivity contribution < 1.29 is 22.8 Å². The zero-order valence-corrected chi connectivity index (χ0v) is 21.0. The molecule has 2 amide bonds. The number of hydrogen-bond acceptors (Lipinski definition) is 5. The quantitative estimate of drug-likeness (QED) is 0.331. The van der Waals surface area contributed by atoms with Crippen LogP contribution in [0.1, 0.15) is 46.1 Å². The van der Waals surface area contributed by atoms with E-state index in [0.717, 1.165) is 33.6 Å². The molecule has 0 bridgehead atoms. The van der Waals surface area contributed by atoms with Crippen LogP contribution in [0.25, 0.3) is 10.2 Å². The molecule has 0 aliphatic carbocycles. The smallest absolute Gasteiger partial charge is 0.325 e. The maximum atomic E-state index is 13.1. The van der Waals surface area contributed by atoms with E-state index in [1.807, 2.05) is 24.3 Å². The average Bonchev–Trinajstić information content (AvgIpc) is 3.18. The lowest BCUT2D eigenvalue weighted by Gasteiger charge is -2.10. The van der Waals surface area contributed by atoms with E-state index in [9.17, 15) is 27.6 Å². The van der Waals surface area contributed by atoms with Crippen LogP contribution in [0.4, 0.5) is 24.5 Å². The highest BCUT2D eigenvalue weighted by Gasteiger charge is 2.30. The van der Waals surface area contributed by atoms with E-state index in [1.54, 1.807) is 6.92 Å². The number of amides is 2. The lowest BCUT2D eigenvalue weighted by atomic mass is 10.0. The van der Waals surface area contributed by atoms with Crippen molar-refractivity contribution in [3.05, 3.63) is 86.8 Å². The molecule has 0 fully saturated rings. The van der Waals surface area contributed by atoms with Crippen LogP contribution in [0.3, 0.4) is 0 Å². The number of nitrogens with one attached hydrogen (secondary N) is 2. The molecule has 2 aromatic heterocycles. The number of thiophene rings is 1. The SMILES string of the molecule is Cc1c(C(=O)Nc2ccc(C(C)C)cc2)sc2ncn(CC(=O)Nc3cccc(C(F)(F)F)c3)c(=O)c12. The van der Waals surface area contributed by atoms with Crippen LogP contribution in [0.5, 0.6) is 0 Å². The van der Waals surface area contributed by atoms with Crippen molar-refractivity contribution >= 4 is 44.7 Å². The third kappa shape index (κ3) is 5.72. The number of fused-ring (bicyclic) bond motifs is 1. The average molecular weight is 529 g/mol. The van der Waals surface area contributed by atoms with Gasteiger partial charge >= 0.3 is 6.18 Å². The summed E-state index contributed by atoms with van der Waals surface area (Å²) in [6, 6.07) is 11.7. The first-order chi connectivity index (χ1) is 17.4. The van der Waals surface area contributed by atoms with Crippen LogP contribution >= 0.6 is 11.3 Å². The van der Waals surface area contributed by atoms with Crippen LogP contribution in [0, 0.1) is 6.92 Å². The highest BCUT2D eigenvalue weighted by atomic mass is 32.1. The number of rotatable bonds is 6. The second kappa shape index (κ2) is 10.2. The van der Waals surface area contributed by atoms with E-state index in [-0.39, 0.29) is 17.0 Å². The summed E-state index contributed by atoms with van der Waals surface area (Å²) in [5.74, 6) is -0.723. The minimum Gasteiger partial charge on any atom is -0.325 e. The van der Waals surface area contributed by atoms with Crippen LogP contribution < -0.4 is 16.2 Å². The summed E-state index contributed by atoms with van der Waals surface area (Å²) < 4.78 is 39.8. The van der Waals surface area contributed by atoms with Gasteiger partial charge in [0.2, 0.25) is 5.91 Å². The van der Waals surface area contributed by atoms with Crippen molar-refractivity contribution in [2.45, 2.75) is 39.4 Å². The van der Waals surface area contributed by atoms with Gasteiger partial charge in [0, 0.05) is 11.4 Å². The summed E-state index contributed by atoms with van der Waals surface area (Å²) in [5.41, 5.74) is 0.704. The van der Waals surface area contributed by atoms with Gasteiger partial charge in [-0.25, -0.2) is 4.98 Å². The molecule has 4 aromatic rings. The van der Waals surface area contributed by atoms with Gasteiger partial charge in [-0.2, -0.15) is 13.2 Å². The van der Waals surface area contributed by atoms with Gasteiger partial charge in [-0.1, -0.05) is 32.0 Å². The van der Waals surface area contributed by atoms with Crippen LogP contribution in [-0.4, -0.2) is 21.4 Å². The molecule has 4 rings (SSSR count). The molecular weight excluding hydrogens is 505 g/mol. The minimum absolute atomic E-state index is 0.0472. The van der Waals surface area contributed by atoms with Crippen molar-refractivity contribution in [3.63, 3.8) is 0 Å². The number of halogens is 3.